The highest BCUT2D eigenvalue weighted by Gasteiger charge is 2.23. The number of carbonyl (C=O) groups is 1. The lowest BCUT2D eigenvalue weighted by molar-refractivity contribution is 0.0990. The van der Waals surface area contributed by atoms with E-state index >= 15 is 0 Å². The van der Waals surface area contributed by atoms with Gasteiger partial charge in [-0.2, -0.15) is 5.26 Å². The van der Waals surface area contributed by atoms with E-state index in [1.54, 1.807) is 56.4 Å². The second-order valence-corrected chi connectivity index (χ2v) is 9.41. The van der Waals surface area contributed by atoms with Crippen LogP contribution in [0.5, 0.6) is 23.1 Å². The zero-order chi connectivity index (χ0) is 30.0. The highest BCUT2D eigenvalue weighted by Crippen LogP contribution is 2.34. The van der Waals surface area contributed by atoms with Crippen molar-refractivity contribution < 1.29 is 23.4 Å². The van der Waals surface area contributed by atoms with Gasteiger partial charge in [0.05, 0.1) is 30.9 Å². The number of Topliss-reactive ketones (excluding diaryl/α,β-unsaturated/α-hetero) is 1. The van der Waals surface area contributed by atoms with Crippen LogP contribution >= 0.6 is 0 Å². The van der Waals surface area contributed by atoms with Gasteiger partial charge in [-0.05, 0) is 61.4 Å². The minimum Gasteiger partial charge on any atom is -0.491 e. The van der Waals surface area contributed by atoms with Crippen molar-refractivity contribution in [2.75, 3.05) is 14.2 Å². The molecule has 3 heterocycles. The van der Waals surface area contributed by atoms with Crippen molar-refractivity contribution in [1.82, 2.24) is 14.5 Å². The Morgan fingerprint density at radius 3 is 2.36 bits per heavy atom. The molecule has 0 bridgehead atoms. The maximum Gasteiger partial charge on any atom is 0.266 e. The number of rotatable bonds is 8. The number of ether oxygens (including phenoxy) is 3. The molecule has 0 amide bonds. The summed E-state index contributed by atoms with van der Waals surface area (Å²) in [6.07, 6.45) is 1.51. The Labute approximate surface area is 240 Å². The Morgan fingerprint density at radius 2 is 1.71 bits per heavy atom. The average molecular weight is 565 g/mol. The van der Waals surface area contributed by atoms with Crippen molar-refractivity contribution in [3.8, 4) is 34.9 Å². The third-order valence-corrected chi connectivity index (χ3v) is 6.88. The van der Waals surface area contributed by atoms with Crippen molar-refractivity contribution >= 4 is 16.8 Å². The Morgan fingerprint density at radius 1 is 1.00 bits per heavy atom. The molecule has 42 heavy (non-hydrogen) atoms. The number of hydrogen-bond acceptors (Lipinski definition) is 8. The molecule has 2 aromatic carbocycles. The van der Waals surface area contributed by atoms with E-state index in [2.05, 4.69) is 16.0 Å². The topological polar surface area (TPSA) is 116 Å². The first kappa shape index (κ1) is 28.0. The van der Waals surface area contributed by atoms with Gasteiger partial charge in [0, 0.05) is 36.1 Å². The van der Waals surface area contributed by atoms with Crippen LogP contribution in [0.3, 0.4) is 0 Å². The summed E-state index contributed by atoms with van der Waals surface area (Å²) in [5, 5.41) is 9.80. The lowest BCUT2D eigenvalue weighted by atomic mass is 9.96. The summed E-state index contributed by atoms with van der Waals surface area (Å²) in [5.74, 6) is 0.774. The van der Waals surface area contributed by atoms with Crippen molar-refractivity contribution in [2.24, 2.45) is 0 Å². The predicted molar refractivity (Wildman–Crippen MR) is 153 cm³/mol. The fourth-order valence-corrected chi connectivity index (χ4v) is 4.79. The molecule has 0 saturated carbocycles. The SMILES string of the molecule is COc1cc2nccc(Oc3ccc(CC(=O)c4c(C)c(C#N)c(C)n(-c5ccc(F)cc5)c4=O)cc3)c2nc1OC. The molecule has 5 rings (SSSR count). The zero-order valence-corrected chi connectivity index (χ0v) is 23.3. The monoisotopic (exact) mass is 564 g/mol. The number of hydrogen-bond donors (Lipinski definition) is 0. The van der Waals surface area contributed by atoms with E-state index in [9.17, 15) is 19.2 Å². The van der Waals surface area contributed by atoms with Gasteiger partial charge in [-0.3, -0.25) is 19.1 Å². The molecule has 9 nitrogen and oxygen atoms in total. The first-order valence-electron chi connectivity index (χ1n) is 12.9. The van der Waals surface area contributed by atoms with E-state index in [1.807, 2.05) is 0 Å². The Balaban J connectivity index is 1.43. The minimum atomic E-state index is -0.565. The van der Waals surface area contributed by atoms with Crippen LogP contribution in [0.25, 0.3) is 16.7 Å². The molecule has 0 atom stereocenters. The summed E-state index contributed by atoms with van der Waals surface area (Å²) in [6, 6.07) is 17.6. The fourth-order valence-electron chi connectivity index (χ4n) is 4.79. The van der Waals surface area contributed by atoms with Gasteiger partial charge in [-0.1, -0.05) is 12.1 Å². The quantitative estimate of drug-likeness (QED) is 0.222. The van der Waals surface area contributed by atoms with Gasteiger partial charge in [-0.15, -0.1) is 0 Å². The van der Waals surface area contributed by atoms with E-state index in [0.717, 1.165) is 0 Å². The standard InChI is InChI=1S/C32H25FN4O5/c1-18-24(17-34)19(2)37(22-9-7-21(33)8-10-22)32(39)29(18)26(38)15-20-5-11-23(12-6-20)42-27-13-14-35-25-16-28(40-3)31(41-4)36-30(25)27/h5-14,16H,15H2,1-4H3. The first-order chi connectivity index (χ1) is 20.2. The number of benzene rings is 2. The smallest absolute Gasteiger partial charge is 0.266 e. The van der Waals surface area contributed by atoms with Crippen LogP contribution in [0.2, 0.25) is 0 Å². The summed E-state index contributed by atoms with van der Waals surface area (Å²) < 4.78 is 31.5. The molecule has 5 aromatic rings. The second-order valence-electron chi connectivity index (χ2n) is 9.41. The highest BCUT2D eigenvalue weighted by molar-refractivity contribution is 5.99. The van der Waals surface area contributed by atoms with Crippen LogP contribution in [-0.4, -0.2) is 34.5 Å². The molecule has 3 aromatic heterocycles. The molecular formula is C32H25FN4O5. The van der Waals surface area contributed by atoms with Gasteiger partial charge in [0.2, 0.25) is 0 Å². The Hall–Kier alpha value is -5.56. The molecule has 0 N–H and O–H groups in total. The summed E-state index contributed by atoms with van der Waals surface area (Å²) in [7, 11) is 3.01. The molecule has 10 heteroatoms. The van der Waals surface area contributed by atoms with Crippen LogP contribution < -0.4 is 19.8 Å². The average Bonchev–Trinajstić information content (AvgIpc) is 2.98. The van der Waals surface area contributed by atoms with Gasteiger partial charge in [0.15, 0.2) is 17.3 Å². The molecule has 0 fully saturated rings. The van der Waals surface area contributed by atoms with Crippen molar-refractivity contribution in [3.63, 3.8) is 0 Å². The first-order valence-corrected chi connectivity index (χ1v) is 12.9. The number of aromatic nitrogens is 3. The number of halogens is 1. The van der Waals surface area contributed by atoms with Gasteiger partial charge in [0.25, 0.3) is 11.4 Å². The van der Waals surface area contributed by atoms with Crippen LogP contribution in [-0.2, 0) is 6.42 Å². The van der Waals surface area contributed by atoms with Gasteiger partial charge < -0.3 is 14.2 Å². The molecule has 210 valence electrons. The van der Waals surface area contributed by atoms with Crippen molar-refractivity contribution in [3.05, 3.63) is 111 Å². The number of nitrogens with zero attached hydrogens (tertiary/aromatic N) is 4. The number of fused-ring (bicyclic) bond motifs is 1. The molecule has 0 aliphatic heterocycles. The predicted octanol–water partition coefficient (Wildman–Crippen LogP) is 5.64. The van der Waals surface area contributed by atoms with E-state index < -0.39 is 17.2 Å². The highest BCUT2D eigenvalue weighted by atomic mass is 19.1. The summed E-state index contributed by atoms with van der Waals surface area (Å²) >= 11 is 0. The van der Waals surface area contributed by atoms with Crippen LogP contribution in [0.15, 0.2) is 71.7 Å². The molecule has 0 spiro atoms. The van der Waals surface area contributed by atoms with Crippen molar-refractivity contribution in [2.45, 2.75) is 20.3 Å². The number of methoxy groups -OCH3 is 2. The van der Waals surface area contributed by atoms with Gasteiger partial charge in [-0.25, -0.2) is 9.37 Å². The lowest BCUT2D eigenvalue weighted by Crippen LogP contribution is -2.30. The maximum atomic E-state index is 13.5. The number of nitriles is 1. The number of carbonyl (C=O) groups excluding carboxylic acids is 1. The summed E-state index contributed by atoms with van der Waals surface area (Å²) in [4.78, 5) is 35.8. The molecule has 0 radical (unpaired) electrons. The van der Waals surface area contributed by atoms with Crippen molar-refractivity contribution in [1.29, 1.82) is 5.26 Å². The van der Waals surface area contributed by atoms with E-state index in [0.29, 0.717) is 56.7 Å². The number of ketones is 1. The van der Waals surface area contributed by atoms with E-state index in [4.69, 9.17) is 14.2 Å². The summed E-state index contributed by atoms with van der Waals surface area (Å²) in [5.41, 5.74) is 2.30. The zero-order valence-electron chi connectivity index (χ0n) is 23.3. The van der Waals surface area contributed by atoms with Gasteiger partial charge in [0.1, 0.15) is 23.2 Å². The van der Waals surface area contributed by atoms with Crippen LogP contribution in [0.1, 0.15) is 32.7 Å². The van der Waals surface area contributed by atoms with Crippen LogP contribution in [0, 0.1) is 31.0 Å². The van der Waals surface area contributed by atoms with E-state index in [-0.39, 0.29) is 17.5 Å². The molecule has 0 aliphatic rings. The van der Waals surface area contributed by atoms with E-state index in [1.165, 1.54) is 43.1 Å². The normalized spacial score (nSPS) is 10.8. The third-order valence-electron chi connectivity index (χ3n) is 6.88. The lowest BCUT2D eigenvalue weighted by Gasteiger charge is -2.16. The van der Waals surface area contributed by atoms with Crippen LogP contribution in [0.4, 0.5) is 4.39 Å². The number of pyridine rings is 3. The second kappa shape index (κ2) is 11.5. The third kappa shape index (κ3) is 5.15. The molecule has 0 aliphatic carbocycles. The Kier molecular flexibility index (Phi) is 7.67. The molecule has 0 unspecified atom stereocenters. The maximum absolute atomic E-state index is 13.5. The molecule has 0 saturated heterocycles. The Bertz CT molecular complexity index is 1930. The summed E-state index contributed by atoms with van der Waals surface area (Å²) in [6.45, 7) is 3.21. The molecular weight excluding hydrogens is 539 g/mol. The minimum absolute atomic E-state index is 0.0789. The van der Waals surface area contributed by atoms with Gasteiger partial charge >= 0.3 is 0 Å². The largest absolute Gasteiger partial charge is 0.491 e. The fraction of sp³-hybridized carbons (Fsp3) is 0.156.